The third-order valence-electron chi connectivity index (χ3n) is 2.64. The third-order valence-corrected chi connectivity index (χ3v) is 3.13. The Balaban J connectivity index is 2.13. The van der Waals surface area contributed by atoms with Crippen LogP contribution in [-0.2, 0) is 4.79 Å². The van der Waals surface area contributed by atoms with Crippen LogP contribution in [0.1, 0.15) is 23.2 Å². The standard InChI is InChI=1S/C14H18BrN3O4/c15-11-4-1-3-10(9-11)13(21)16-7-8-18-14(22)17-6-2-5-12(19)20/h1,3-4,9H,2,5-8H2,(H,16,21)(H,19,20)(H2,17,18,22). The van der Waals surface area contributed by atoms with Crippen molar-refractivity contribution in [2.45, 2.75) is 12.8 Å². The Morgan fingerprint density at radius 2 is 1.73 bits per heavy atom. The molecule has 0 radical (unpaired) electrons. The van der Waals surface area contributed by atoms with Gasteiger partial charge in [-0.05, 0) is 24.6 Å². The molecule has 0 aromatic heterocycles. The van der Waals surface area contributed by atoms with Crippen LogP contribution in [0.15, 0.2) is 28.7 Å². The van der Waals surface area contributed by atoms with E-state index in [1.807, 2.05) is 6.07 Å². The first-order valence-corrected chi connectivity index (χ1v) is 7.55. The summed E-state index contributed by atoms with van der Waals surface area (Å²) < 4.78 is 0.819. The molecular formula is C14H18BrN3O4. The number of carboxylic acids is 1. The van der Waals surface area contributed by atoms with Gasteiger partial charge in [-0.15, -0.1) is 0 Å². The van der Waals surface area contributed by atoms with Crippen molar-refractivity contribution in [1.29, 1.82) is 0 Å². The number of urea groups is 1. The Hall–Kier alpha value is -2.09. The van der Waals surface area contributed by atoms with E-state index < -0.39 is 5.97 Å². The molecule has 8 heteroatoms. The summed E-state index contributed by atoms with van der Waals surface area (Å²) in [5.41, 5.74) is 0.535. The molecular weight excluding hydrogens is 354 g/mol. The number of benzene rings is 1. The van der Waals surface area contributed by atoms with E-state index in [4.69, 9.17) is 5.11 Å². The van der Waals surface area contributed by atoms with Gasteiger partial charge in [0.05, 0.1) is 0 Å². The van der Waals surface area contributed by atoms with Gasteiger partial charge in [-0.25, -0.2) is 4.79 Å². The normalized spacial score (nSPS) is 9.86. The molecule has 1 aromatic carbocycles. The number of nitrogens with one attached hydrogen (secondary N) is 3. The molecule has 0 bridgehead atoms. The summed E-state index contributed by atoms with van der Waals surface area (Å²) >= 11 is 3.29. The highest BCUT2D eigenvalue weighted by molar-refractivity contribution is 9.10. The van der Waals surface area contributed by atoms with Crippen LogP contribution in [0.2, 0.25) is 0 Å². The number of hydrogen-bond acceptors (Lipinski definition) is 3. The van der Waals surface area contributed by atoms with Gasteiger partial charge in [0.2, 0.25) is 0 Å². The quantitative estimate of drug-likeness (QED) is 0.517. The van der Waals surface area contributed by atoms with E-state index in [9.17, 15) is 14.4 Å². The minimum atomic E-state index is -0.891. The Bertz CT molecular complexity index is 537. The number of carbonyl (C=O) groups excluding carboxylic acids is 2. The maximum atomic E-state index is 11.8. The molecule has 120 valence electrons. The van der Waals surface area contributed by atoms with Crippen molar-refractivity contribution < 1.29 is 19.5 Å². The van der Waals surface area contributed by atoms with E-state index in [1.54, 1.807) is 18.2 Å². The monoisotopic (exact) mass is 371 g/mol. The molecule has 7 nitrogen and oxygen atoms in total. The number of rotatable bonds is 8. The lowest BCUT2D eigenvalue weighted by Crippen LogP contribution is -2.40. The zero-order valence-corrected chi connectivity index (χ0v) is 13.5. The van der Waals surface area contributed by atoms with Crippen molar-refractivity contribution in [1.82, 2.24) is 16.0 Å². The minimum absolute atomic E-state index is 0.0168. The third kappa shape index (κ3) is 7.63. The van der Waals surface area contributed by atoms with Gasteiger partial charge in [-0.3, -0.25) is 9.59 Å². The second-order valence-corrected chi connectivity index (χ2v) is 5.36. The van der Waals surface area contributed by atoms with E-state index in [1.165, 1.54) is 0 Å². The molecule has 0 aliphatic rings. The lowest BCUT2D eigenvalue weighted by Gasteiger charge is -2.08. The number of halogens is 1. The summed E-state index contributed by atoms with van der Waals surface area (Å²) in [5, 5.41) is 16.2. The van der Waals surface area contributed by atoms with E-state index in [0.717, 1.165) is 4.47 Å². The van der Waals surface area contributed by atoms with Crippen molar-refractivity contribution in [2.24, 2.45) is 0 Å². The fraction of sp³-hybridized carbons (Fsp3) is 0.357. The van der Waals surface area contributed by atoms with E-state index in [0.29, 0.717) is 25.1 Å². The summed E-state index contributed by atoms with van der Waals surface area (Å²) in [7, 11) is 0. The van der Waals surface area contributed by atoms with Crippen LogP contribution >= 0.6 is 15.9 Å². The van der Waals surface area contributed by atoms with Crippen molar-refractivity contribution in [3.8, 4) is 0 Å². The molecule has 0 heterocycles. The molecule has 0 aliphatic heterocycles. The van der Waals surface area contributed by atoms with Crippen molar-refractivity contribution in [3.05, 3.63) is 34.3 Å². The fourth-order valence-electron chi connectivity index (χ4n) is 1.59. The van der Waals surface area contributed by atoms with Gasteiger partial charge in [-0.2, -0.15) is 0 Å². The highest BCUT2D eigenvalue weighted by atomic mass is 79.9. The van der Waals surface area contributed by atoms with Crippen LogP contribution in [-0.4, -0.2) is 42.6 Å². The van der Waals surface area contributed by atoms with E-state index in [-0.39, 0.29) is 24.9 Å². The summed E-state index contributed by atoms with van der Waals surface area (Å²) in [6.07, 6.45) is 0.394. The van der Waals surface area contributed by atoms with Crippen LogP contribution in [0.3, 0.4) is 0 Å². The molecule has 1 rings (SSSR count). The lowest BCUT2D eigenvalue weighted by molar-refractivity contribution is -0.137. The maximum absolute atomic E-state index is 11.8. The topological polar surface area (TPSA) is 108 Å². The predicted molar refractivity (Wildman–Crippen MR) is 84.7 cm³/mol. The zero-order chi connectivity index (χ0) is 16.4. The molecule has 0 spiro atoms. The molecule has 0 saturated heterocycles. The number of carboxylic acid groups (broad SMARTS) is 1. The highest BCUT2D eigenvalue weighted by Gasteiger charge is 2.05. The summed E-state index contributed by atoms with van der Waals surface area (Å²) in [4.78, 5) is 33.4. The number of aliphatic carboxylic acids is 1. The molecule has 0 fully saturated rings. The summed E-state index contributed by atoms with van der Waals surface area (Å²) in [6, 6.07) is 6.61. The van der Waals surface area contributed by atoms with Crippen LogP contribution in [0.4, 0.5) is 4.79 Å². The highest BCUT2D eigenvalue weighted by Crippen LogP contribution is 2.11. The molecule has 0 aliphatic carbocycles. The largest absolute Gasteiger partial charge is 0.481 e. The van der Waals surface area contributed by atoms with Crippen molar-refractivity contribution in [3.63, 3.8) is 0 Å². The first-order chi connectivity index (χ1) is 10.5. The summed E-state index contributed by atoms with van der Waals surface area (Å²) in [5.74, 6) is -1.11. The average molecular weight is 372 g/mol. The number of amides is 3. The van der Waals surface area contributed by atoms with Gasteiger partial charge in [0, 0.05) is 36.1 Å². The van der Waals surface area contributed by atoms with Gasteiger partial charge in [0.1, 0.15) is 0 Å². The predicted octanol–water partition coefficient (Wildman–Crippen LogP) is 1.34. The number of carbonyl (C=O) groups is 3. The molecule has 1 aromatic rings. The lowest BCUT2D eigenvalue weighted by atomic mass is 10.2. The van der Waals surface area contributed by atoms with Gasteiger partial charge >= 0.3 is 12.0 Å². The molecule has 0 saturated carbocycles. The van der Waals surface area contributed by atoms with Crippen molar-refractivity contribution >= 4 is 33.8 Å². The van der Waals surface area contributed by atoms with Gasteiger partial charge in [0.15, 0.2) is 0 Å². The number of hydrogen-bond donors (Lipinski definition) is 4. The second kappa shape index (κ2) is 9.78. The first-order valence-electron chi connectivity index (χ1n) is 6.76. The van der Waals surface area contributed by atoms with Gasteiger partial charge < -0.3 is 21.1 Å². The van der Waals surface area contributed by atoms with Crippen molar-refractivity contribution in [2.75, 3.05) is 19.6 Å². The first kappa shape index (κ1) is 18.0. The zero-order valence-electron chi connectivity index (χ0n) is 11.9. The SMILES string of the molecule is O=C(O)CCCNC(=O)NCCNC(=O)c1cccc(Br)c1. The molecule has 4 N–H and O–H groups in total. The molecule has 22 heavy (non-hydrogen) atoms. The summed E-state index contributed by atoms with van der Waals surface area (Å²) in [6.45, 7) is 0.876. The Morgan fingerprint density at radius 3 is 2.41 bits per heavy atom. The van der Waals surface area contributed by atoms with Crippen LogP contribution in [0, 0.1) is 0 Å². The Labute approximate surface area is 136 Å². The van der Waals surface area contributed by atoms with E-state index >= 15 is 0 Å². The Kier molecular flexibility index (Phi) is 7.98. The fourth-order valence-corrected chi connectivity index (χ4v) is 1.99. The molecule has 0 atom stereocenters. The average Bonchev–Trinajstić information content (AvgIpc) is 2.47. The minimum Gasteiger partial charge on any atom is -0.481 e. The van der Waals surface area contributed by atoms with Crippen LogP contribution in [0.25, 0.3) is 0 Å². The maximum Gasteiger partial charge on any atom is 0.314 e. The second-order valence-electron chi connectivity index (χ2n) is 4.45. The van der Waals surface area contributed by atoms with E-state index in [2.05, 4.69) is 31.9 Å². The van der Waals surface area contributed by atoms with Gasteiger partial charge in [0.25, 0.3) is 5.91 Å². The van der Waals surface area contributed by atoms with Crippen LogP contribution in [0.5, 0.6) is 0 Å². The smallest absolute Gasteiger partial charge is 0.314 e. The van der Waals surface area contributed by atoms with Gasteiger partial charge in [-0.1, -0.05) is 22.0 Å². The molecule has 3 amide bonds. The molecule has 0 unspecified atom stereocenters. The Morgan fingerprint density at radius 1 is 1.05 bits per heavy atom. The van der Waals surface area contributed by atoms with Crippen LogP contribution < -0.4 is 16.0 Å².